The minimum atomic E-state index is 0. The molecule has 3 heterocycles. The van der Waals surface area contributed by atoms with Gasteiger partial charge in [0.25, 0.3) is 0 Å². The molecule has 0 radical (unpaired) electrons. The predicted octanol–water partition coefficient (Wildman–Crippen LogP) is 6.37. The summed E-state index contributed by atoms with van der Waals surface area (Å²) in [6.07, 6.45) is 19.3. The van der Waals surface area contributed by atoms with Crippen molar-refractivity contribution in [1.29, 1.82) is 0 Å². The molecule has 0 aromatic carbocycles. The molecule has 5 heteroatoms. The van der Waals surface area contributed by atoms with Crippen LogP contribution < -0.4 is 5.73 Å². The molecule has 0 unspecified atom stereocenters. The molecule has 0 bridgehead atoms. The molecule has 3 aromatic heterocycles. The number of anilines is 1. The second-order valence-corrected chi connectivity index (χ2v) is 7.89. The van der Waals surface area contributed by atoms with Gasteiger partial charge in [0.05, 0.1) is 12.2 Å². The molecular formula is C23H30N4O. The molecule has 1 saturated carbocycles. The molecule has 5 rings (SSSR count). The second-order valence-electron chi connectivity index (χ2n) is 7.89. The van der Waals surface area contributed by atoms with Gasteiger partial charge in [-0.1, -0.05) is 32.8 Å². The lowest BCUT2D eigenvalue weighted by atomic mass is 9.96. The van der Waals surface area contributed by atoms with E-state index in [0.29, 0.717) is 17.4 Å². The number of allylic oxidation sites excluding steroid dienone is 2. The fourth-order valence-corrected chi connectivity index (χ4v) is 4.52. The Labute approximate surface area is 166 Å². The molecule has 0 spiro atoms. The first kappa shape index (κ1) is 18.8. The molecule has 28 heavy (non-hydrogen) atoms. The van der Waals surface area contributed by atoms with Gasteiger partial charge in [0.15, 0.2) is 11.4 Å². The predicted molar refractivity (Wildman–Crippen MR) is 115 cm³/mol. The number of nitrogens with two attached hydrogens (primary N) is 1. The summed E-state index contributed by atoms with van der Waals surface area (Å²) in [6.45, 7) is 0. The Balaban J connectivity index is 0.00000192. The number of aromatic nitrogens is 3. The van der Waals surface area contributed by atoms with Crippen molar-refractivity contribution in [2.24, 2.45) is 0 Å². The van der Waals surface area contributed by atoms with E-state index in [1.54, 1.807) is 0 Å². The van der Waals surface area contributed by atoms with E-state index in [9.17, 15) is 0 Å². The number of fused-ring (bicyclic) bond motifs is 1. The largest absolute Gasteiger partial charge is 0.453 e. The summed E-state index contributed by atoms with van der Waals surface area (Å²) in [5.41, 5.74) is 10.2. The van der Waals surface area contributed by atoms with Crippen LogP contribution >= 0.6 is 0 Å². The van der Waals surface area contributed by atoms with Crippen LogP contribution in [0.5, 0.6) is 0 Å². The van der Waals surface area contributed by atoms with Crippen molar-refractivity contribution in [3.05, 3.63) is 36.5 Å². The molecule has 2 aliphatic rings. The summed E-state index contributed by atoms with van der Waals surface area (Å²) in [5.74, 6) is 1.39. The van der Waals surface area contributed by atoms with Crippen LogP contribution in [-0.4, -0.2) is 14.8 Å². The van der Waals surface area contributed by atoms with E-state index in [4.69, 9.17) is 10.2 Å². The average molecular weight is 379 g/mol. The maximum Gasteiger partial charge on any atom is 0.177 e. The Hall–Kier alpha value is -2.56. The quantitative estimate of drug-likeness (QED) is 0.574. The smallest absolute Gasteiger partial charge is 0.177 e. The lowest BCUT2D eigenvalue weighted by molar-refractivity contribution is 0.329. The first-order valence-electron chi connectivity index (χ1n) is 10.2. The highest BCUT2D eigenvalue weighted by Gasteiger charge is 2.20. The van der Waals surface area contributed by atoms with E-state index in [1.807, 2.05) is 12.4 Å². The fraction of sp³-hybridized carbons (Fsp3) is 0.478. The van der Waals surface area contributed by atoms with Gasteiger partial charge in [-0.25, -0.2) is 4.98 Å². The maximum atomic E-state index is 6.14. The molecule has 0 amide bonds. The van der Waals surface area contributed by atoms with Crippen LogP contribution in [0.2, 0.25) is 0 Å². The fourth-order valence-electron chi connectivity index (χ4n) is 4.52. The van der Waals surface area contributed by atoms with Gasteiger partial charge in [-0.05, 0) is 50.2 Å². The Morgan fingerprint density at radius 1 is 1.07 bits per heavy atom. The minimum Gasteiger partial charge on any atom is -0.453 e. The zero-order valence-electron chi connectivity index (χ0n) is 15.7. The average Bonchev–Trinajstić information content (AvgIpc) is 3.38. The summed E-state index contributed by atoms with van der Waals surface area (Å²) >= 11 is 0. The number of hydrogen-bond acceptors (Lipinski definition) is 4. The number of nitrogen functional groups attached to an aromatic ring is 1. The van der Waals surface area contributed by atoms with Crippen molar-refractivity contribution in [2.45, 2.75) is 71.3 Å². The normalized spacial score (nSPS) is 18.1. The standard InChI is InChI=1S/C22H26N4O.CH4/c23-22-21-18(11-20(27-21)15-7-3-1-4-8-15)19(13-24-22)16-12-25-26(14-16)17-9-5-2-6-10-17;/h7,11-14,17H,1-6,8-10H2,(H2,23,24);1H4. The third kappa shape index (κ3) is 3.34. The molecule has 1 fully saturated rings. The topological polar surface area (TPSA) is 69.9 Å². The van der Waals surface area contributed by atoms with E-state index in [2.05, 4.69) is 33.1 Å². The van der Waals surface area contributed by atoms with Crippen molar-refractivity contribution < 1.29 is 4.42 Å². The van der Waals surface area contributed by atoms with Crippen LogP contribution in [0.25, 0.3) is 27.7 Å². The Kier molecular flexibility index (Phi) is 5.25. The Morgan fingerprint density at radius 2 is 1.93 bits per heavy atom. The van der Waals surface area contributed by atoms with Gasteiger partial charge in [0, 0.05) is 28.9 Å². The lowest BCUT2D eigenvalue weighted by Crippen LogP contribution is -2.12. The summed E-state index contributed by atoms with van der Waals surface area (Å²) in [5, 5.41) is 5.69. The summed E-state index contributed by atoms with van der Waals surface area (Å²) in [7, 11) is 0. The molecule has 2 N–H and O–H groups in total. The van der Waals surface area contributed by atoms with E-state index in [-0.39, 0.29) is 7.43 Å². The number of furan rings is 1. The number of hydrogen-bond donors (Lipinski definition) is 1. The molecule has 5 nitrogen and oxygen atoms in total. The number of nitrogens with zero attached hydrogens (tertiary/aromatic N) is 3. The van der Waals surface area contributed by atoms with Crippen molar-refractivity contribution in [2.75, 3.05) is 5.73 Å². The van der Waals surface area contributed by atoms with E-state index < -0.39 is 0 Å². The van der Waals surface area contributed by atoms with Crippen molar-refractivity contribution >= 4 is 22.4 Å². The monoisotopic (exact) mass is 378 g/mol. The van der Waals surface area contributed by atoms with Crippen LogP contribution in [-0.2, 0) is 0 Å². The molecule has 3 aromatic rings. The SMILES string of the molecule is C.Nc1ncc(-c2cnn(C3CCCCC3)c2)c2cc(C3=CCCCC3)oc12. The Morgan fingerprint density at radius 3 is 2.71 bits per heavy atom. The highest BCUT2D eigenvalue weighted by molar-refractivity contribution is 5.99. The van der Waals surface area contributed by atoms with Crippen molar-refractivity contribution in [1.82, 2.24) is 14.8 Å². The minimum absolute atomic E-state index is 0. The van der Waals surface area contributed by atoms with Crippen LogP contribution in [0, 0.1) is 0 Å². The molecule has 0 atom stereocenters. The first-order chi connectivity index (χ1) is 13.3. The van der Waals surface area contributed by atoms with Gasteiger partial charge in [-0.3, -0.25) is 4.68 Å². The zero-order valence-corrected chi connectivity index (χ0v) is 15.7. The summed E-state index contributed by atoms with van der Waals surface area (Å²) in [6, 6.07) is 2.66. The van der Waals surface area contributed by atoms with Crippen LogP contribution in [0.15, 0.2) is 35.2 Å². The number of pyridine rings is 1. The van der Waals surface area contributed by atoms with Gasteiger partial charge in [-0.15, -0.1) is 0 Å². The van der Waals surface area contributed by atoms with Crippen LogP contribution in [0.4, 0.5) is 5.82 Å². The number of rotatable bonds is 3. The summed E-state index contributed by atoms with van der Waals surface area (Å²) in [4.78, 5) is 4.39. The Bertz CT molecular complexity index is 991. The molecule has 0 saturated heterocycles. The van der Waals surface area contributed by atoms with E-state index in [0.717, 1.165) is 35.1 Å². The van der Waals surface area contributed by atoms with Gasteiger partial charge in [0.2, 0.25) is 0 Å². The first-order valence-corrected chi connectivity index (χ1v) is 10.2. The maximum absolute atomic E-state index is 6.14. The van der Waals surface area contributed by atoms with Crippen LogP contribution in [0.3, 0.4) is 0 Å². The third-order valence-corrected chi connectivity index (χ3v) is 6.06. The van der Waals surface area contributed by atoms with Gasteiger partial charge < -0.3 is 10.2 Å². The molecule has 2 aliphatic carbocycles. The highest BCUT2D eigenvalue weighted by Crippen LogP contribution is 2.38. The molecule has 148 valence electrons. The van der Waals surface area contributed by atoms with E-state index >= 15 is 0 Å². The van der Waals surface area contributed by atoms with Gasteiger partial charge in [0.1, 0.15) is 5.76 Å². The van der Waals surface area contributed by atoms with Crippen molar-refractivity contribution in [3.8, 4) is 11.1 Å². The third-order valence-electron chi connectivity index (χ3n) is 6.06. The van der Waals surface area contributed by atoms with E-state index in [1.165, 1.54) is 50.5 Å². The molecule has 0 aliphatic heterocycles. The van der Waals surface area contributed by atoms with Gasteiger partial charge >= 0.3 is 0 Å². The zero-order chi connectivity index (χ0) is 18.2. The highest BCUT2D eigenvalue weighted by atomic mass is 16.3. The van der Waals surface area contributed by atoms with Gasteiger partial charge in [-0.2, -0.15) is 5.10 Å². The second kappa shape index (κ2) is 7.82. The molecular weight excluding hydrogens is 348 g/mol. The van der Waals surface area contributed by atoms with Crippen LogP contribution in [0.1, 0.15) is 77.0 Å². The lowest BCUT2D eigenvalue weighted by Gasteiger charge is -2.21. The van der Waals surface area contributed by atoms with Crippen molar-refractivity contribution in [3.63, 3.8) is 0 Å². The summed E-state index contributed by atoms with van der Waals surface area (Å²) < 4.78 is 8.28.